The molecule has 0 atom stereocenters. The van der Waals surface area contributed by atoms with Crippen molar-refractivity contribution in [2.75, 3.05) is 19.0 Å². The van der Waals surface area contributed by atoms with Gasteiger partial charge in [-0.3, -0.25) is 14.9 Å². The number of nitro groups is 1. The molecule has 0 radical (unpaired) electrons. The van der Waals surface area contributed by atoms with Crippen LogP contribution in [0.25, 0.3) is 0 Å². The van der Waals surface area contributed by atoms with E-state index in [1.54, 1.807) is 6.07 Å². The summed E-state index contributed by atoms with van der Waals surface area (Å²) in [6.07, 6.45) is 0.0967. The van der Waals surface area contributed by atoms with Crippen LogP contribution in [0.5, 0.6) is 5.75 Å². The highest BCUT2D eigenvalue weighted by molar-refractivity contribution is 5.70. The van der Waals surface area contributed by atoms with Crippen LogP contribution < -0.4 is 10.1 Å². The van der Waals surface area contributed by atoms with Crippen LogP contribution in [0.15, 0.2) is 18.2 Å². The Balaban J connectivity index is 2.80. The molecule has 1 N–H and O–H groups in total. The molecule has 0 bridgehead atoms. The van der Waals surface area contributed by atoms with Gasteiger partial charge in [0.1, 0.15) is 5.75 Å². The molecule has 0 spiro atoms. The highest BCUT2D eigenvalue weighted by Crippen LogP contribution is 2.26. The predicted octanol–water partition coefficient (Wildman–Crippen LogP) is 2.36. The van der Waals surface area contributed by atoms with E-state index in [1.165, 1.54) is 19.2 Å². The van der Waals surface area contributed by atoms with E-state index >= 15 is 0 Å². The second-order valence-electron chi connectivity index (χ2n) is 4.39. The number of nitrogens with one attached hydrogen (secondary N) is 1. The summed E-state index contributed by atoms with van der Waals surface area (Å²) in [4.78, 5) is 21.4. The van der Waals surface area contributed by atoms with Gasteiger partial charge in [-0.1, -0.05) is 0 Å². The first-order chi connectivity index (χ1) is 9.42. The van der Waals surface area contributed by atoms with Crippen LogP contribution in [0.4, 0.5) is 11.4 Å². The van der Waals surface area contributed by atoms with Crippen LogP contribution >= 0.6 is 0 Å². The van der Waals surface area contributed by atoms with E-state index in [0.717, 1.165) is 0 Å². The fraction of sp³-hybridized carbons (Fsp3) is 0.462. The molecular weight excluding hydrogens is 264 g/mol. The Morgan fingerprint density at radius 3 is 2.65 bits per heavy atom. The van der Waals surface area contributed by atoms with Crippen molar-refractivity contribution in [2.24, 2.45) is 0 Å². The first-order valence-corrected chi connectivity index (χ1v) is 6.19. The number of ether oxygens (including phenoxy) is 2. The average Bonchev–Trinajstić information content (AvgIpc) is 2.37. The number of carbonyl (C=O) groups is 1. The summed E-state index contributed by atoms with van der Waals surface area (Å²) in [7, 11) is 1.31. The zero-order chi connectivity index (χ0) is 15.1. The maximum absolute atomic E-state index is 11.0. The number of hydrogen-bond acceptors (Lipinski definition) is 6. The second kappa shape index (κ2) is 7.32. The Bertz CT molecular complexity index is 488. The third kappa shape index (κ3) is 5.13. The number of rotatable bonds is 7. The van der Waals surface area contributed by atoms with Crippen molar-refractivity contribution in [1.29, 1.82) is 0 Å². The standard InChI is InChI=1S/C13H18N2O5/c1-9(2)20-12-7-10(6-11(8-12)15(17)18)14-5-4-13(16)19-3/h6-9,14H,4-5H2,1-3H3. The Morgan fingerprint density at radius 1 is 1.40 bits per heavy atom. The summed E-state index contributed by atoms with van der Waals surface area (Å²) >= 11 is 0. The second-order valence-corrected chi connectivity index (χ2v) is 4.39. The van der Waals surface area contributed by atoms with Gasteiger partial charge in [0, 0.05) is 24.4 Å². The van der Waals surface area contributed by atoms with Crippen molar-refractivity contribution in [3.63, 3.8) is 0 Å². The number of nitrogens with zero attached hydrogens (tertiary/aromatic N) is 1. The molecule has 7 nitrogen and oxygen atoms in total. The van der Waals surface area contributed by atoms with Gasteiger partial charge in [0.2, 0.25) is 0 Å². The molecule has 0 saturated carbocycles. The summed E-state index contributed by atoms with van der Waals surface area (Å²) in [5.74, 6) is 0.0661. The molecule has 0 heterocycles. The SMILES string of the molecule is COC(=O)CCNc1cc(OC(C)C)cc([N+](=O)[O-])c1. The molecule has 0 aliphatic heterocycles. The van der Waals surface area contributed by atoms with Crippen LogP contribution in [0.3, 0.4) is 0 Å². The molecule has 1 aromatic rings. The van der Waals surface area contributed by atoms with Gasteiger partial charge in [-0.25, -0.2) is 0 Å². The smallest absolute Gasteiger partial charge is 0.307 e. The minimum absolute atomic E-state index is 0.0660. The van der Waals surface area contributed by atoms with Gasteiger partial charge >= 0.3 is 5.97 Å². The number of hydrogen-bond donors (Lipinski definition) is 1. The van der Waals surface area contributed by atoms with Crippen molar-refractivity contribution in [1.82, 2.24) is 0 Å². The molecule has 0 fully saturated rings. The molecule has 0 aromatic heterocycles. The molecule has 0 aliphatic carbocycles. The molecule has 1 aromatic carbocycles. The molecular formula is C13H18N2O5. The van der Waals surface area contributed by atoms with Gasteiger partial charge in [-0.2, -0.15) is 0 Å². The Hall–Kier alpha value is -2.31. The van der Waals surface area contributed by atoms with Crippen LogP contribution in [0.1, 0.15) is 20.3 Å². The van der Waals surface area contributed by atoms with E-state index in [4.69, 9.17) is 4.74 Å². The summed E-state index contributed by atoms with van der Waals surface area (Å²) < 4.78 is 9.97. The van der Waals surface area contributed by atoms with Gasteiger partial charge in [-0.15, -0.1) is 0 Å². The molecule has 20 heavy (non-hydrogen) atoms. The Kier molecular flexibility index (Phi) is 5.76. The van der Waals surface area contributed by atoms with E-state index < -0.39 is 4.92 Å². The van der Waals surface area contributed by atoms with Gasteiger partial charge in [0.15, 0.2) is 0 Å². The van der Waals surface area contributed by atoms with Crippen molar-refractivity contribution < 1.29 is 19.2 Å². The van der Waals surface area contributed by atoms with Gasteiger partial charge < -0.3 is 14.8 Å². The summed E-state index contributed by atoms with van der Waals surface area (Å²) in [5, 5.41) is 13.8. The summed E-state index contributed by atoms with van der Waals surface area (Å²) in [6, 6.07) is 4.42. The molecule has 0 unspecified atom stereocenters. The highest BCUT2D eigenvalue weighted by atomic mass is 16.6. The monoisotopic (exact) mass is 282 g/mol. The molecule has 0 amide bonds. The predicted molar refractivity (Wildman–Crippen MR) is 74.0 cm³/mol. The van der Waals surface area contributed by atoms with Crippen molar-refractivity contribution >= 4 is 17.3 Å². The third-order valence-electron chi connectivity index (χ3n) is 2.36. The Morgan fingerprint density at radius 2 is 2.10 bits per heavy atom. The lowest BCUT2D eigenvalue weighted by Gasteiger charge is -2.12. The van der Waals surface area contributed by atoms with Crippen LogP contribution in [0.2, 0.25) is 0 Å². The van der Waals surface area contributed by atoms with Crippen LogP contribution in [0, 0.1) is 10.1 Å². The van der Waals surface area contributed by atoms with E-state index in [0.29, 0.717) is 18.0 Å². The lowest BCUT2D eigenvalue weighted by Crippen LogP contribution is -2.10. The van der Waals surface area contributed by atoms with E-state index in [2.05, 4.69) is 10.1 Å². The molecule has 1 rings (SSSR count). The lowest BCUT2D eigenvalue weighted by atomic mass is 10.2. The Labute approximate surface area is 117 Å². The first kappa shape index (κ1) is 15.7. The molecule has 7 heteroatoms. The number of methoxy groups -OCH3 is 1. The highest BCUT2D eigenvalue weighted by Gasteiger charge is 2.11. The van der Waals surface area contributed by atoms with E-state index in [-0.39, 0.29) is 24.2 Å². The normalized spacial score (nSPS) is 10.2. The lowest BCUT2D eigenvalue weighted by molar-refractivity contribution is -0.384. The van der Waals surface area contributed by atoms with Crippen molar-refractivity contribution in [2.45, 2.75) is 26.4 Å². The number of nitro benzene ring substituents is 1. The molecule has 0 saturated heterocycles. The fourth-order valence-corrected chi connectivity index (χ4v) is 1.54. The molecule has 0 aliphatic rings. The summed E-state index contributed by atoms with van der Waals surface area (Å²) in [6.45, 7) is 4.00. The fourth-order valence-electron chi connectivity index (χ4n) is 1.54. The minimum atomic E-state index is -0.487. The number of benzene rings is 1. The van der Waals surface area contributed by atoms with Crippen LogP contribution in [-0.2, 0) is 9.53 Å². The number of non-ortho nitro benzene ring substituents is 1. The van der Waals surface area contributed by atoms with Crippen LogP contribution in [-0.4, -0.2) is 30.7 Å². The summed E-state index contributed by atoms with van der Waals surface area (Å²) in [5.41, 5.74) is 0.461. The zero-order valence-electron chi connectivity index (χ0n) is 11.7. The average molecular weight is 282 g/mol. The van der Waals surface area contributed by atoms with Gasteiger partial charge in [0.25, 0.3) is 5.69 Å². The van der Waals surface area contributed by atoms with Gasteiger partial charge in [-0.05, 0) is 13.8 Å². The maximum atomic E-state index is 11.0. The van der Waals surface area contributed by atoms with Crippen molar-refractivity contribution in [3.05, 3.63) is 28.3 Å². The quantitative estimate of drug-likeness (QED) is 0.469. The zero-order valence-corrected chi connectivity index (χ0v) is 11.7. The largest absolute Gasteiger partial charge is 0.491 e. The molecule has 110 valence electrons. The first-order valence-electron chi connectivity index (χ1n) is 6.19. The van der Waals surface area contributed by atoms with E-state index in [1.807, 2.05) is 13.8 Å². The van der Waals surface area contributed by atoms with E-state index in [9.17, 15) is 14.9 Å². The maximum Gasteiger partial charge on any atom is 0.307 e. The minimum Gasteiger partial charge on any atom is -0.491 e. The van der Waals surface area contributed by atoms with Gasteiger partial charge in [0.05, 0.1) is 30.6 Å². The number of carbonyl (C=O) groups excluding carboxylic acids is 1. The van der Waals surface area contributed by atoms with Crippen molar-refractivity contribution in [3.8, 4) is 5.75 Å². The number of anilines is 1. The third-order valence-corrected chi connectivity index (χ3v) is 2.36. The number of esters is 1. The topological polar surface area (TPSA) is 90.7 Å².